The normalized spacial score (nSPS) is 15.6. The van der Waals surface area contributed by atoms with Crippen LogP contribution < -0.4 is 0 Å². The van der Waals surface area contributed by atoms with Crippen LogP contribution in [-0.2, 0) is 0 Å². The van der Waals surface area contributed by atoms with Gasteiger partial charge >= 0.3 is 0 Å². The molecule has 3 nitrogen and oxygen atoms in total. The van der Waals surface area contributed by atoms with Gasteiger partial charge in [0.05, 0.1) is 10.0 Å². The van der Waals surface area contributed by atoms with Crippen LogP contribution in [0.4, 0.5) is 0 Å². The summed E-state index contributed by atoms with van der Waals surface area (Å²) >= 11 is 14.4. The molecule has 1 aliphatic heterocycles. The minimum Gasteiger partial charge on any atom is -0.341 e. The fraction of sp³-hybridized carbons (Fsp3) is 0.367. The van der Waals surface area contributed by atoms with Gasteiger partial charge in [0, 0.05) is 30.0 Å². The van der Waals surface area contributed by atoms with Gasteiger partial charge in [0.25, 0.3) is 5.91 Å². The number of nitrogens with zero attached hydrogens (tertiary/aromatic N) is 2. The Balaban J connectivity index is 1.38. The van der Waals surface area contributed by atoms with Crippen molar-refractivity contribution in [3.63, 3.8) is 0 Å². The average molecular weight is 542 g/mol. The molecule has 1 atom stereocenters. The van der Waals surface area contributed by atoms with Crippen molar-refractivity contribution < 1.29 is 4.79 Å². The van der Waals surface area contributed by atoms with E-state index in [0.29, 0.717) is 28.1 Å². The topological polar surface area (TPSA) is 23.6 Å². The third kappa shape index (κ3) is 7.07. The molecule has 3 aromatic rings. The zero-order chi connectivity index (χ0) is 25.5. The number of amides is 1. The van der Waals surface area contributed by atoms with Crippen LogP contribution in [0, 0.1) is 0 Å². The van der Waals surface area contributed by atoms with E-state index < -0.39 is 0 Å². The molecule has 0 bridgehead atoms. The number of rotatable bonds is 9. The third-order valence-corrected chi connectivity index (χ3v) is 8.73. The van der Waals surface area contributed by atoms with Gasteiger partial charge in [0.2, 0.25) is 0 Å². The molecule has 1 amide bonds. The molecule has 36 heavy (non-hydrogen) atoms. The first-order valence-corrected chi connectivity index (χ1v) is 14.5. The van der Waals surface area contributed by atoms with Crippen molar-refractivity contribution in [3.05, 3.63) is 99.5 Å². The molecule has 1 unspecified atom stereocenters. The van der Waals surface area contributed by atoms with Crippen LogP contribution in [0.1, 0.15) is 52.6 Å². The van der Waals surface area contributed by atoms with E-state index in [4.69, 9.17) is 23.2 Å². The summed E-state index contributed by atoms with van der Waals surface area (Å²) in [7, 11) is 1.88. The van der Waals surface area contributed by atoms with Crippen molar-refractivity contribution in [1.29, 1.82) is 0 Å². The second kappa shape index (κ2) is 13.0. The van der Waals surface area contributed by atoms with E-state index in [2.05, 4.69) is 35.4 Å². The summed E-state index contributed by atoms with van der Waals surface area (Å²) in [6.45, 7) is 3.82. The van der Waals surface area contributed by atoms with Gasteiger partial charge in [-0.3, -0.25) is 4.79 Å². The van der Waals surface area contributed by atoms with Crippen LogP contribution in [0.2, 0.25) is 10.0 Å². The number of thioether (sulfide) groups is 1. The van der Waals surface area contributed by atoms with E-state index in [-0.39, 0.29) is 11.8 Å². The first kappa shape index (κ1) is 27.1. The summed E-state index contributed by atoms with van der Waals surface area (Å²) in [5.74, 6) is 0.848. The lowest BCUT2D eigenvalue weighted by molar-refractivity contribution is 0.0781. The number of halogens is 2. The zero-order valence-electron chi connectivity index (χ0n) is 21.0. The fourth-order valence-corrected chi connectivity index (χ4v) is 5.76. The van der Waals surface area contributed by atoms with Gasteiger partial charge in [-0.05, 0) is 98.6 Å². The molecule has 190 valence electrons. The van der Waals surface area contributed by atoms with Crippen LogP contribution in [-0.4, -0.2) is 55.2 Å². The van der Waals surface area contributed by atoms with Gasteiger partial charge in [-0.15, -0.1) is 11.8 Å². The van der Waals surface area contributed by atoms with E-state index in [1.54, 1.807) is 11.8 Å². The molecule has 1 saturated heterocycles. The first-order valence-electron chi connectivity index (χ1n) is 12.6. The fourth-order valence-electron chi connectivity index (χ4n) is 5.05. The summed E-state index contributed by atoms with van der Waals surface area (Å²) < 4.78 is 0. The van der Waals surface area contributed by atoms with Gasteiger partial charge in [-0.1, -0.05) is 59.6 Å². The third-order valence-electron chi connectivity index (χ3n) is 7.25. The number of likely N-dealkylation sites (N-methyl/N-ethyl adjacent to an activating group) is 1. The van der Waals surface area contributed by atoms with E-state index in [0.717, 1.165) is 31.6 Å². The highest BCUT2D eigenvalue weighted by Crippen LogP contribution is 2.32. The van der Waals surface area contributed by atoms with Gasteiger partial charge in [0.15, 0.2) is 0 Å². The van der Waals surface area contributed by atoms with E-state index in [1.807, 2.05) is 60.5 Å². The van der Waals surface area contributed by atoms with Gasteiger partial charge < -0.3 is 9.80 Å². The van der Waals surface area contributed by atoms with Crippen molar-refractivity contribution in [2.45, 2.75) is 36.0 Å². The van der Waals surface area contributed by atoms with E-state index >= 15 is 0 Å². The number of benzene rings is 3. The molecule has 0 saturated carbocycles. The predicted octanol–water partition coefficient (Wildman–Crippen LogP) is 7.84. The van der Waals surface area contributed by atoms with Crippen LogP contribution >= 0.6 is 35.0 Å². The number of piperidine rings is 1. The molecule has 4 rings (SSSR count). The molecule has 0 aliphatic carbocycles. The van der Waals surface area contributed by atoms with Crippen LogP contribution in [0.3, 0.4) is 0 Å². The smallest absolute Gasteiger partial charge is 0.253 e. The van der Waals surface area contributed by atoms with Crippen LogP contribution in [0.15, 0.2) is 77.7 Å². The maximum Gasteiger partial charge on any atom is 0.253 e. The number of carbonyl (C=O) groups excluding carboxylic acids is 1. The summed E-state index contributed by atoms with van der Waals surface area (Å²) in [6.07, 6.45) is 5.44. The largest absolute Gasteiger partial charge is 0.341 e. The molecule has 0 aromatic heterocycles. The highest BCUT2D eigenvalue weighted by Gasteiger charge is 2.24. The Morgan fingerprint density at radius 1 is 1.00 bits per heavy atom. The van der Waals surface area contributed by atoms with Crippen molar-refractivity contribution in [1.82, 2.24) is 9.80 Å². The summed E-state index contributed by atoms with van der Waals surface area (Å²) in [6, 6.07) is 24.4. The van der Waals surface area contributed by atoms with Gasteiger partial charge in [-0.25, -0.2) is 0 Å². The molecule has 0 radical (unpaired) electrons. The maximum atomic E-state index is 13.0. The highest BCUT2D eigenvalue weighted by atomic mass is 35.5. The minimum atomic E-state index is 0.0361. The molecule has 3 aromatic carbocycles. The standard InChI is InChI=1S/C30H34Cl2N2OS/c1-33(30(35)24-6-4-3-5-7-24)21-26(25-10-13-28(31)29(32)20-25)16-19-34-17-14-23(15-18-34)22-8-11-27(36-2)12-9-22/h3-13,20,23,26H,14-19,21H2,1-2H3. The van der Waals surface area contributed by atoms with Crippen molar-refractivity contribution >= 4 is 40.9 Å². The summed E-state index contributed by atoms with van der Waals surface area (Å²) in [4.78, 5) is 18.7. The van der Waals surface area contributed by atoms with Gasteiger partial charge in [0.1, 0.15) is 0 Å². The molecule has 0 spiro atoms. The van der Waals surface area contributed by atoms with Crippen molar-refractivity contribution in [2.24, 2.45) is 0 Å². The molecule has 1 heterocycles. The number of likely N-dealkylation sites (tertiary alicyclic amines) is 1. The number of carbonyl (C=O) groups is 1. The molecule has 6 heteroatoms. The Labute approximate surface area is 229 Å². The molecule has 1 aliphatic rings. The second-order valence-electron chi connectivity index (χ2n) is 9.60. The SMILES string of the molecule is CSc1ccc(C2CCN(CCC(CN(C)C(=O)c3ccccc3)c3ccc(Cl)c(Cl)c3)CC2)cc1. The lowest BCUT2D eigenvalue weighted by atomic mass is 9.89. The molecule has 1 fully saturated rings. The van der Waals surface area contributed by atoms with Crippen molar-refractivity contribution in [2.75, 3.05) is 39.5 Å². The number of hydrogen-bond donors (Lipinski definition) is 0. The van der Waals surface area contributed by atoms with Gasteiger partial charge in [-0.2, -0.15) is 0 Å². The molecular formula is C30H34Cl2N2OS. The van der Waals surface area contributed by atoms with E-state index in [1.165, 1.54) is 23.3 Å². The van der Waals surface area contributed by atoms with Crippen LogP contribution in [0.5, 0.6) is 0 Å². The van der Waals surface area contributed by atoms with E-state index in [9.17, 15) is 4.79 Å². The maximum absolute atomic E-state index is 13.0. The van der Waals surface area contributed by atoms with Crippen molar-refractivity contribution in [3.8, 4) is 0 Å². The average Bonchev–Trinajstić information content (AvgIpc) is 2.93. The predicted molar refractivity (Wildman–Crippen MR) is 154 cm³/mol. The Morgan fingerprint density at radius 3 is 2.33 bits per heavy atom. The lowest BCUT2D eigenvalue weighted by Crippen LogP contribution is -2.36. The second-order valence-corrected chi connectivity index (χ2v) is 11.3. The Hall–Kier alpha value is -1.98. The minimum absolute atomic E-state index is 0.0361. The highest BCUT2D eigenvalue weighted by molar-refractivity contribution is 7.98. The van der Waals surface area contributed by atoms with Crippen LogP contribution in [0.25, 0.3) is 0 Å². The Bertz CT molecular complexity index is 1130. The molecule has 0 N–H and O–H groups in total. The number of hydrogen-bond acceptors (Lipinski definition) is 3. The quantitative estimate of drug-likeness (QED) is 0.258. The Kier molecular flexibility index (Phi) is 9.78. The zero-order valence-corrected chi connectivity index (χ0v) is 23.3. The summed E-state index contributed by atoms with van der Waals surface area (Å²) in [5.41, 5.74) is 3.29. The molecular weight excluding hydrogens is 507 g/mol. The Morgan fingerprint density at radius 2 is 1.69 bits per heavy atom. The lowest BCUT2D eigenvalue weighted by Gasteiger charge is -2.34. The summed E-state index contributed by atoms with van der Waals surface area (Å²) in [5, 5.41) is 1.12. The first-order chi connectivity index (χ1) is 17.4. The monoisotopic (exact) mass is 540 g/mol.